The quantitative estimate of drug-likeness (QED) is 0.904. The second kappa shape index (κ2) is 7.54. The third-order valence-electron chi connectivity index (χ3n) is 3.75. The van der Waals surface area contributed by atoms with E-state index in [1.165, 1.54) is 6.92 Å². The fraction of sp³-hybridized carbons (Fsp3) is 0.667. The van der Waals surface area contributed by atoms with E-state index in [4.69, 9.17) is 0 Å². The zero-order valence-electron chi connectivity index (χ0n) is 12.7. The molecule has 0 radical (unpaired) electrons. The molecule has 1 aliphatic heterocycles. The molecule has 1 atom stereocenters. The molecular weight excluding hydrogens is 286 g/mol. The first-order valence-corrected chi connectivity index (χ1v) is 8.44. The number of piperidine rings is 1. The van der Waals surface area contributed by atoms with Crippen molar-refractivity contribution in [3.05, 3.63) is 16.1 Å². The van der Waals surface area contributed by atoms with Gasteiger partial charge in [0.2, 0.25) is 11.8 Å². The Morgan fingerprint density at radius 3 is 3.05 bits per heavy atom. The highest BCUT2D eigenvalue weighted by Gasteiger charge is 2.25. The van der Waals surface area contributed by atoms with Gasteiger partial charge in [0.25, 0.3) is 0 Å². The molecule has 1 fully saturated rings. The lowest BCUT2D eigenvalue weighted by molar-refractivity contribution is -0.132. The van der Waals surface area contributed by atoms with Gasteiger partial charge in [-0.2, -0.15) is 0 Å². The van der Waals surface area contributed by atoms with Crippen molar-refractivity contribution in [3.63, 3.8) is 0 Å². The fourth-order valence-corrected chi connectivity index (χ4v) is 3.60. The number of nitrogens with one attached hydrogen (secondary N) is 1. The van der Waals surface area contributed by atoms with Crippen molar-refractivity contribution in [1.29, 1.82) is 0 Å². The number of likely N-dealkylation sites (tertiary alicyclic amines) is 1. The lowest BCUT2D eigenvalue weighted by Gasteiger charge is -2.31. The number of carbonyl (C=O) groups excluding carboxylic acids is 2. The van der Waals surface area contributed by atoms with E-state index in [1.807, 2.05) is 11.8 Å². The molecule has 1 aromatic heterocycles. The van der Waals surface area contributed by atoms with Gasteiger partial charge in [0.15, 0.2) is 0 Å². The van der Waals surface area contributed by atoms with Crippen molar-refractivity contribution >= 4 is 23.2 Å². The zero-order valence-corrected chi connectivity index (χ0v) is 13.5. The van der Waals surface area contributed by atoms with Crippen LogP contribution < -0.4 is 5.32 Å². The minimum Gasteiger partial charge on any atom is -0.356 e. The molecule has 0 saturated carbocycles. The predicted molar refractivity (Wildman–Crippen MR) is 83.3 cm³/mol. The number of hydrogen-bond acceptors (Lipinski definition) is 4. The van der Waals surface area contributed by atoms with Crippen molar-refractivity contribution in [1.82, 2.24) is 15.2 Å². The molecule has 6 heteroatoms. The molecule has 0 bridgehead atoms. The van der Waals surface area contributed by atoms with Crippen LogP contribution >= 0.6 is 11.3 Å². The summed E-state index contributed by atoms with van der Waals surface area (Å²) in [6.45, 7) is 5.74. The van der Waals surface area contributed by atoms with E-state index in [1.54, 1.807) is 11.3 Å². The Morgan fingerprint density at radius 1 is 1.52 bits per heavy atom. The number of carbonyl (C=O) groups is 2. The smallest absolute Gasteiger partial charge is 0.222 e. The molecule has 5 nitrogen and oxygen atoms in total. The summed E-state index contributed by atoms with van der Waals surface area (Å²) in [7, 11) is 0. The van der Waals surface area contributed by atoms with Crippen LogP contribution in [-0.4, -0.2) is 41.3 Å². The second-order valence-corrected chi connectivity index (χ2v) is 6.33. The highest BCUT2D eigenvalue weighted by Crippen LogP contribution is 2.29. The first kappa shape index (κ1) is 15.9. The molecule has 1 N–H and O–H groups in total. The van der Waals surface area contributed by atoms with E-state index in [-0.39, 0.29) is 11.8 Å². The van der Waals surface area contributed by atoms with Gasteiger partial charge in [0.05, 0.1) is 10.7 Å². The molecule has 2 heterocycles. The highest BCUT2D eigenvalue weighted by molar-refractivity contribution is 7.09. The standard InChI is InChI=1S/C15H23N3O2S/c1-3-14(20)18-8-4-5-12(9-18)15-17-13(10-21-15)6-7-16-11(2)19/h10,12H,3-9H2,1-2H3,(H,16,19). The summed E-state index contributed by atoms with van der Waals surface area (Å²) in [5.41, 5.74) is 1.03. The van der Waals surface area contributed by atoms with Crippen molar-refractivity contribution in [2.75, 3.05) is 19.6 Å². The van der Waals surface area contributed by atoms with E-state index >= 15 is 0 Å². The maximum absolute atomic E-state index is 11.8. The maximum Gasteiger partial charge on any atom is 0.222 e. The van der Waals surface area contributed by atoms with E-state index in [0.29, 0.717) is 18.9 Å². The molecule has 1 unspecified atom stereocenters. The highest BCUT2D eigenvalue weighted by atomic mass is 32.1. The predicted octanol–water partition coefficient (Wildman–Crippen LogP) is 1.94. The molecular formula is C15H23N3O2S. The first-order chi connectivity index (χ1) is 10.1. The minimum absolute atomic E-state index is 0.00791. The molecule has 21 heavy (non-hydrogen) atoms. The Balaban J connectivity index is 1.91. The van der Waals surface area contributed by atoms with Gasteiger partial charge in [-0.15, -0.1) is 11.3 Å². The van der Waals surface area contributed by atoms with E-state index in [9.17, 15) is 9.59 Å². The van der Waals surface area contributed by atoms with Crippen LogP contribution in [-0.2, 0) is 16.0 Å². The molecule has 2 amide bonds. The molecule has 1 aromatic rings. The zero-order chi connectivity index (χ0) is 15.2. The van der Waals surface area contributed by atoms with E-state index in [0.717, 1.165) is 43.1 Å². The summed E-state index contributed by atoms with van der Waals surface area (Å²) in [6.07, 6.45) is 3.50. The fourth-order valence-electron chi connectivity index (χ4n) is 2.62. The van der Waals surface area contributed by atoms with Crippen molar-refractivity contribution in [3.8, 4) is 0 Å². The molecule has 1 aliphatic rings. The van der Waals surface area contributed by atoms with E-state index in [2.05, 4.69) is 15.7 Å². The van der Waals surface area contributed by atoms with Crippen LogP contribution in [0.25, 0.3) is 0 Å². The third kappa shape index (κ3) is 4.52. The lowest BCUT2D eigenvalue weighted by atomic mass is 9.98. The number of thiazole rings is 1. The summed E-state index contributed by atoms with van der Waals surface area (Å²) in [4.78, 5) is 29.3. The van der Waals surface area contributed by atoms with E-state index < -0.39 is 0 Å². The number of aromatic nitrogens is 1. The minimum atomic E-state index is -0.00791. The van der Waals surface area contributed by atoms with Gasteiger partial charge in [-0.3, -0.25) is 9.59 Å². The lowest BCUT2D eigenvalue weighted by Crippen LogP contribution is -2.38. The van der Waals surface area contributed by atoms with Crippen molar-refractivity contribution in [2.45, 2.75) is 45.4 Å². The van der Waals surface area contributed by atoms with Gasteiger partial charge in [-0.05, 0) is 12.8 Å². The van der Waals surface area contributed by atoms with Crippen LogP contribution in [0.2, 0.25) is 0 Å². The van der Waals surface area contributed by atoms with Crippen molar-refractivity contribution < 1.29 is 9.59 Å². The normalized spacial score (nSPS) is 18.6. The van der Waals surface area contributed by atoms with Crippen LogP contribution in [0.5, 0.6) is 0 Å². The Kier molecular flexibility index (Phi) is 5.73. The molecule has 0 spiro atoms. The van der Waals surface area contributed by atoms with Crippen LogP contribution in [0.3, 0.4) is 0 Å². The SMILES string of the molecule is CCC(=O)N1CCCC(c2nc(CCNC(C)=O)cs2)C1. The van der Waals surface area contributed by atoms with Gasteiger partial charge < -0.3 is 10.2 Å². The topological polar surface area (TPSA) is 62.3 Å². The van der Waals surface area contributed by atoms with Gasteiger partial charge in [0, 0.05) is 50.7 Å². The van der Waals surface area contributed by atoms with Crippen molar-refractivity contribution in [2.24, 2.45) is 0 Å². The number of rotatable bonds is 5. The summed E-state index contributed by atoms with van der Waals surface area (Å²) in [5, 5.41) is 5.98. The average molecular weight is 309 g/mol. The molecule has 116 valence electrons. The molecule has 0 aromatic carbocycles. The van der Waals surface area contributed by atoms with Gasteiger partial charge in [-0.1, -0.05) is 6.92 Å². The second-order valence-electron chi connectivity index (χ2n) is 5.44. The molecule has 1 saturated heterocycles. The van der Waals surface area contributed by atoms with Crippen LogP contribution in [0.1, 0.15) is 49.7 Å². The summed E-state index contributed by atoms with van der Waals surface area (Å²) in [5.74, 6) is 0.599. The number of nitrogens with zero attached hydrogens (tertiary/aromatic N) is 2. The Morgan fingerprint density at radius 2 is 2.33 bits per heavy atom. The van der Waals surface area contributed by atoms with Crippen LogP contribution in [0, 0.1) is 0 Å². The van der Waals surface area contributed by atoms with Gasteiger partial charge >= 0.3 is 0 Å². The monoisotopic (exact) mass is 309 g/mol. The summed E-state index contributed by atoms with van der Waals surface area (Å²) in [6, 6.07) is 0. The largest absolute Gasteiger partial charge is 0.356 e. The number of amides is 2. The molecule has 2 rings (SSSR count). The van der Waals surface area contributed by atoms with Crippen LogP contribution in [0.4, 0.5) is 0 Å². The average Bonchev–Trinajstić information content (AvgIpc) is 2.95. The Hall–Kier alpha value is -1.43. The summed E-state index contributed by atoms with van der Waals surface area (Å²) >= 11 is 1.67. The van der Waals surface area contributed by atoms with Gasteiger partial charge in [-0.25, -0.2) is 4.98 Å². The van der Waals surface area contributed by atoms with Gasteiger partial charge in [0.1, 0.15) is 0 Å². The summed E-state index contributed by atoms with van der Waals surface area (Å²) < 4.78 is 0. The third-order valence-corrected chi connectivity index (χ3v) is 4.81. The Labute approximate surface area is 129 Å². The Bertz CT molecular complexity index is 501. The van der Waals surface area contributed by atoms with Crippen LogP contribution in [0.15, 0.2) is 5.38 Å². The first-order valence-electron chi connectivity index (χ1n) is 7.56. The molecule has 0 aliphatic carbocycles. The number of hydrogen-bond donors (Lipinski definition) is 1. The maximum atomic E-state index is 11.8.